The maximum Gasteiger partial charge on any atom is 0.129 e. The van der Waals surface area contributed by atoms with Gasteiger partial charge in [0.2, 0.25) is 0 Å². The number of halogens is 2. The molecule has 3 nitrogen and oxygen atoms in total. The Hall–Kier alpha value is -0.840. The van der Waals surface area contributed by atoms with Crippen LogP contribution in [0.2, 0.25) is 5.02 Å². The minimum absolute atomic E-state index is 0.430. The van der Waals surface area contributed by atoms with E-state index in [0.717, 1.165) is 21.1 Å². The Morgan fingerprint density at radius 3 is 2.76 bits per heavy atom. The zero-order valence-corrected chi connectivity index (χ0v) is 11.8. The maximum atomic E-state index is 6.26. The van der Waals surface area contributed by atoms with Gasteiger partial charge in [0.1, 0.15) is 5.75 Å². The van der Waals surface area contributed by atoms with Gasteiger partial charge in [0, 0.05) is 11.6 Å². The summed E-state index contributed by atoms with van der Waals surface area (Å²) in [6.45, 7) is 0.430. The Kier molecular flexibility index (Phi) is 3.86. The van der Waals surface area contributed by atoms with Crippen LogP contribution in [0.5, 0.6) is 5.75 Å². The van der Waals surface area contributed by atoms with Crippen LogP contribution in [-0.2, 0) is 11.3 Å². The van der Waals surface area contributed by atoms with Gasteiger partial charge in [-0.3, -0.25) is 0 Å². The molecule has 90 valence electrons. The fourth-order valence-corrected chi connectivity index (χ4v) is 2.40. The van der Waals surface area contributed by atoms with Crippen molar-refractivity contribution in [3.8, 4) is 5.75 Å². The second-order valence-corrected chi connectivity index (χ2v) is 4.76. The van der Waals surface area contributed by atoms with Crippen LogP contribution in [-0.4, -0.2) is 19.2 Å². The zero-order chi connectivity index (χ0) is 12.4. The van der Waals surface area contributed by atoms with Crippen molar-refractivity contribution in [2.75, 3.05) is 14.2 Å². The predicted molar refractivity (Wildman–Crippen MR) is 71.7 cm³/mol. The highest BCUT2D eigenvalue weighted by molar-refractivity contribution is 9.10. The highest BCUT2D eigenvalue weighted by atomic mass is 79.9. The Bertz CT molecular complexity index is 560. The summed E-state index contributed by atoms with van der Waals surface area (Å²) >= 11 is 9.72. The summed E-state index contributed by atoms with van der Waals surface area (Å²) in [6, 6.07) is 5.54. The highest BCUT2D eigenvalue weighted by Crippen LogP contribution is 2.35. The molecule has 1 heterocycles. The standard InChI is InChI=1S/C12H11BrClNO2/c1-16-6-7-5-9(14)11-10(17-2)4-3-8(13)12(11)15-7/h3-5H,6H2,1-2H3. The van der Waals surface area contributed by atoms with Crippen molar-refractivity contribution in [2.24, 2.45) is 0 Å². The minimum Gasteiger partial charge on any atom is -0.496 e. The number of rotatable bonds is 3. The lowest BCUT2D eigenvalue weighted by molar-refractivity contribution is 0.182. The lowest BCUT2D eigenvalue weighted by Gasteiger charge is -2.10. The summed E-state index contributed by atoms with van der Waals surface area (Å²) < 4.78 is 11.2. The van der Waals surface area contributed by atoms with Crippen molar-refractivity contribution in [1.82, 2.24) is 4.98 Å². The van der Waals surface area contributed by atoms with Crippen molar-refractivity contribution in [2.45, 2.75) is 6.61 Å². The molecule has 0 bridgehead atoms. The van der Waals surface area contributed by atoms with E-state index in [1.54, 1.807) is 20.3 Å². The molecule has 0 radical (unpaired) electrons. The fraction of sp³-hybridized carbons (Fsp3) is 0.250. The van der Waals surface area contributed by atoms with E-state index < -0.39 is 0 Å². The summed E-state index contributed by atoms with van der Waals surface area (Å²) in [4.78, 5) is 4.50. The highest BCUT2D eigenvalue weighted by Gasteiger charge is 2.12. The average molecular weight is 317 g/mol. The third kappa shape index (κ3) is 2.39. The van der Waals surface area contributed by atoms with Crippen LogP contribution >= 0.6 is 27.5 Å². The van der Waals surface area contributed by atoms with Crippen molar-refractivity contribution in [3.05, 3.63) is 33.4 Å². The van der Waals surface area contributed by atoms with Gasteiger partial charge < -0.3 is 9.47 Å². The van der Waals surface area contributed by atoms with Gasteiger partial charge in [0.25, 0.3) is 0 Å². The molecule has 0 unspecified atom stereocenters. The molecule has 2 rings (SSSR count). The lowest BCUT2D eigenvalue weighted by Crippen LogP contribution is -1.95. The molecular formula is C12H11BrClNO2. The first-order chi connectivity index (χ1) is 8.17. The topological polar surface area (TPSA) is 31.4 Å². The summed E-state index contributed by atoms with van der Waals surface area (Å²) in [6.07, 6.45) is 0. The molecule has 0 aliphatic rings. The molecule has 0 saturated carbocycles. The Labute approximate surface area is 113 Å². The third-order valence-corrected chi connectivity index (χ3v) is 3.33. The summed E-state index contributed by atoms with van der Waals surface area (Å²) in [5.41, 5.74) is 1.57. The van der Waals surface area contributed by atoms with E-state index >= 15 is 0 Å². The number of ether oxygens (including phenoxy) is 2. The predicted octanol–water partition coefficient (Wildman–Crippen LogP) is 3.81. The first kappa shape index (κ1) is 12.6. The number of hydrogen-bond donors (Lipinski definition) is 0. The molecule has 0 atom stereocenters. The van der Waals surface area contributed by atoms with Crippen LogP contribution in [0.15, 0.2) is 22.7 Å². The van der Waals surface area contributed by atoms with Crippen molar-refractivity contribution in [3.63, 3.8) is 0 Å². The van der Waals surface area contributed by atoms with Crippen LogP contribution in [0.4, 0.5) is 0 Å². The van der Waals surface area contributed by atoms with Crippen LogP contribution in [0.25, 0.3) is 10.9 Å². The molecule has 0 amide bonds. The van der Waals surface area contributed by atoms with Gasteiger partial charge in [-0.1, -0.05) is 11.6 Å². The minimum atomic E-state index is 0.430. The molecular weight excluding hydrogens is 305 g/mol. The quantitative estimate of drug-likeness (QED) is 0.863. The van der Waals surface area contributed by atoms with Crippen LogP contribution < -0.4 is 4.74 Å². The van der Waals surface area contributed by atoms with Crippen LogP contribution in [0, 0.1) is 0 Å². The Morgan fingerprint density at radius 2 is 2.12 bits per heavy atom. The molecule has 1 aromatic carbocycles. The van der Waals surface area contributed by atoms with E-state index in [1.807, 2.05) is 12.1 Å². The van der Waals surface area contributed by atoms with Gasteiger partial charge in [0.05, 0.1) is 35.3 Å². The molecule has 5 heteroatoms. The number of fused-ring (bicyclic) bond motifs is 1. The van der Waals surface area contributed by atoms with Gasteiger partial charge in [-0.25, -0.2) is 4.98 Å². The summed E-state index contributed by atoms with van der Waals surface area (Å²) in [5, 5.41) is 1.42. The molecule has 0 fully saturated rings. The van der Waals surface area contributed by atoms with Crippen LogP contribution in [0.1, 0.15) is 5.69 Å². The van der Waals surface area contributed by atoms with Crippen molar-refractivity contribution >= 4 is 38.4 Å². The van der Waals surface area contributed by atoms with Gasteiger partial charge in [-0.05, 0) is 34.1 Å². The summed E-state index contributed by atoms with van der Waals surface area (Å²) in [7, 11) is 3.24. The smallest absolute Gasteiger partial charge is 0.129 e. The van der Waals surface area contributed by atoms with Gasteiger partial charge in [-0.2, -0.15) is 0 Å². The van der Waals surface area contributed by atoms with E-state index in [1.165, 1.54) is 0 Å². The van der Waals surface area contributed by atoms with E-state index in [4.69, 9.17) is 21.1 Å². The third-order valence-electron chi connectivity index (χ3n) is 2.39. The molecule has 0 saturated heterocycles. The van der Waals surface area contributed by atoms with Gasteiger partial charge in [-0.15, -0.1) is 0 Å². The molecule has 17 heavy (non-hydrogen) atoms. The molecule has 2 aromatic rings. The number of hydrogen-bond acceptors (Lipinski definition) is 3. The molecule has 0 aliphatic carbocycles. The zero-order valence-electron chi connectivity index (χ0n) is 9.46. The monoisotopic (exact) mass is 315 g/mol. The van der Waals surface area contributed by atoms with E-state index in [-0.39, 0.29) is 0 Å². The maximum absolute atomic E-state index is 6.26. The van der Waals surface area contributed by atoms with Gasteiger partial charge >= 0.3 is 0 Å². The van der Waals surface area contributed by atoms with Crippen molar-refractivity contribution in [1.29, 1.82) is 0 Å². The molecule has 0 aliphatic heterocycles. The SMILES string of the molecule is COCc1cc(Cl)c2c(OC)ccc(Br)c2n1. The summed E-state index contributed by atoms with van der Waals surface area (Å²) in [5.74, 6) is 0.713. The fourth-order valence-electron chi connectivity index (χ4n) is 1.67. The van der Waals surface area contributed by atoms with E-state index in [0.29, 0.717) is 17.4 Å². The Balaban J connectivity index is 2.74. The number of aromatic nitrogens is 1. The first-order valence-electron chi connectivity index (χ1n) is 4.98. The number of benzene rings is 1. The second kappa shape index (κ2) is 5.21. The number of methoxy groups -OCH3 is 2. The van der Waals surface area contributed by atoms with Gasteiger partial charge in [0.15, 0.2) is 0 Å². The molecule has 0 N–H and O–H groups in total. The second-order valence-electron chi connectivity index (χ2n) is 3.50. The van der Waals surface area contributed by atoms with Crippen molar-refractivity contribution < 1.29 is 9.47 Å². The molecule has 0 spiro atoms. The van der Waals surface area contributed by atoms with E-state index in [2.05, 4.69) is 20.9 Å². The Morgan fingerprint density at radius 1 is 1.35 bits per heavy atom. The lowest BCUT2D eigenvalue weighted by atomic mass is 10.2. The average Bonchev–Trinajstić information content (AvgIpc) is 2.31. The molecule has 1 aromatic heterocycles. The number of pyridine rings is 1. The number of nitrogens with zero attached hydrogens (tertiary/aromatic N) is 1. The largest absolute Gasteiger partial charge is 0.496 e. The normalized spacial score (nSPS) is 10.8. The first-order valence-corrected chi connectivity index (χ1v) is 6.15. The van der Waals surface area contributed by atoms with Crippen LogP contribution in [0.3, 0.4) is 0 Å². The van der Waals surface area contributed by atoms with E-state index in [9.17, 15) is 0 Å².